The van der Waals surface area contributed by atoms with E-state index < -0.39 is 5.41 Å². The molecule has 0 heterocycles. The Hall–Kier alpha value is -2.08. The van der Waals surface area contributed by atoms with Crippen molar-refractivity contribution in [3.8, 4) is 11.8 Å². The fraction of sp³-hybridized carbons (Fsp3) is 0.444. The molecule has 1 N–H and O–H groups in total. The molecule has 3 aliphatic carbocycles. The maximum Gasteiger partial charge on any atom is 0.138 e. The third-order valence-corrected chi connectivity index (χ3v) is 5.50. The van der Waals surface area contributed by atoms with Crippen LogP contribution in [0.15, 0.2) is 29.3 Å². The summed E-state index contributed by atoms with van der Waals surface area (Å²) in [6.45, 7) is 0. The van der Waals surface area contributed by atoms with Gasteiger partial charge in [0.1, 0.15) is 11.5 Å². The number of ketones is 1. The van der Waals surface area contributed by atoms with Crippen molar-refractivity contribution in [2.24, 2.45) is 5.41 Å². The third-order valence-electron chi connectivity index (χ3n) is 5.50. The molecule has 3 heteroatoms. The number of phenols is 1. The number of rotatable bonds is 0. The minimum atomic E-state index is -0.503. The molecule has 0 saturated heterocycles. The predicted octanol–water partition coefficient (Wildman–Crippen LogP) is 3.39. The maximum atomic E-state index is 11.9. The van der Waals surface area contributed by atoms with E-state index in [1.165, 1.54) is 16.7 Å². The highest BCUT2D eigenvalue weighted by atomic mass is 16.3. The number of nitriles is 1. The Morgan fingerprint density at radius 3 is 3.00 bits per heavy atom. The van der Waals surface area contributed by atoms with E-state index >= 15 is 0 Å². The second-order valence-corrected chi connectivity index (χ2v) is 6.56. The Labute approximate surface area is 123 Å². The lowest BCUT2D eigenvalue weighted by molar-refractivity contribution is -0.117. The molecule has 0 radical (unpaired) electrons. The van der Waals surface area contributed by atoms with Crippen LogP contribution in [-0.4, -0.2) is 10.9 Å². The summed E-state index contributed by atoms with van der Waals surface area (Å²) in [5.41, 5.74) is 4.47. The van der Waals surface area contributed by atoms with Crippen molar-refractivity contribution >= 4 is 5.78 Å². The van der Waals surface area contributed by atoms with Crippen molar-refractivity contribution < 1.29 is 9.90 Å². The zero-order valence-corrected chi connectivity index (χ0v) is 11.9. The van der Waals surface area contributed by atoms with Crippen LogP contribution < -0.4 is 0 Å². The van der Waals surface area contributed by atoms with Crippen molar-refractivity contribution in [3.05, 3.63) is 40.5 Å². The lowest BCUT2D eigenvalue weighted by Crippen LogP contribution is -2.28. The van der Waals surface area contributed by atoms with Crippen molar-refractivity contribution in [2.45, 2.75) is 44.4 Å². The van der Waals surface area contributed by atoms with Crippen LogP contribution in [0.3, 0.4) is 0 Å². The van der Waals surface area contributed by atoms with Gasteiger partial charge in [-0.05, 0) is 54.5 Å². The Kier molecular flexibility index (Phi) is 2.53. The summed E-state index contributed by atoms with van der Waals surface area (Å²) in [5, 5.41) is 19.3. The second-order valence-electron chi connectivity index (χ2n) is 6.56. The number of phenolic OH excluding ortho intramolecular Hbond substituents is 1. The zero-order chi connectivity index (χ0) is 14.6. The average molecular weight is 279 g/mol. The minimum absolute atomic E-state index is 0.219. The second kappa shape index (κ2) is 4.21. The van der Waals surface area contributed by atoms with E-state index in [9.17, 15) is 15.2 Å². The molecule has 3 aliphatic rings. The van der Waals surface area contributed by atoms with E-state index in [-0.39, 0.29) is 5.78 Å². The number of carbonyl (C=O) groups is 1. The summed E-state index contributed by atoms with van der Waals surface area (Å²) in [5.74, 6) is 0.885. The van der Waals surface area contributed by atoms with Gasteiger partial charge in [-0.25, -0.2) is 0 Å². The summed E-state index contributed by atoms with van der Waals surface area (Å²) in [4.78, 5) is 11.9. The fourth-order valence-corrected chi connectivity index (χ4v) is 4.56. The summed E-state index contributed by atoms with van der Waals surface area (Å²) < 4.78 is 0. The first-order chi connectivity index (χ1) is 10.1. The van der Waals surface area contributed by atoms with Gasteiger partial charge in [-0.15, -0.1) is 0 Å². The number of nitrogens with zero attached hydrogens (tertiary/aromatic N) is 1. The summed E-state index contributed by atoms with van der Waals surface area (Å²) >= 11 is 0. The molecular weight excluding hydrogens is 262 g/mol. The first-order valence-corrected chi connectivity index (χ1v) is 7.60. The number of aryl methyl sites for hydroxylation is 1. The summed E-state index contributed by atoms with van der Waals surface area (Å²) in [6.07, 6.45) is 4.45. The van der Waals surface area contributed by atoms with Gasteiger partial charge in [0.2, 0.25) is 0 Å². The van der Waals surface area contributed by atoms with E-state index in [2.05, 4.69) is 6.07 Å². The molecule has 4 rings (SSSR count). The SMILES string of the molecule is N#C[C@@]12CCC3C(=C1CC(=O)C2)CCc1cc(O)ccc13. The number of fused-ring (bicyclic) bond motifs is 4. The molecule has 1 fully saturated rings. The first-order valence-electron chi connectivity index (χ1n) is 7.60. The van der Waals surface area contributed by atoms with Crippen LogP contribution in [-0.2, 0) is 11.2 Å². The summed E-state index contributed by atoms with van der Waals surface area (Å²) in [7, 11) is 0. The molecule has 2 atom stereocenters. The van der Waals surface area contributed by atoms with E-state index in [0.717, 1.165) is 31.3 Å². The molecule has 0 amide bonds. The fourth-order valence-electron chi connectivity index (χ4n) is 4.56. The van der Waals surface area contributed by atoms with Gasteiger partial charge in [0, 0.05) is 18.8 Å². The van der Waals surface area contributed by atoms with Crippen LogP contribution in [0, 0.1) is 16.7 Å². The van der Waals surface area contributed by atoms with Gasteiger partial charge in [0.15, 0.2) is 0 Å². The highest BCUT2D eigenvalue weighted by Gasteiger charge is 2.49. The first kappa shape index (κ1) is 12.6. The molecule has 0 aromatic heterocycles. The van der Waals surface area contributed by atoms with Gasteiger partial charge in [-0.2, -0.15) is 5.26 Å². The number of carbonyl (C=O) groups excluding carboxylic acids is 1. The van der Waals surface area contributed by atoms with Gasteiger partial charge in [-0.1, -0.05) is 11.6 Å². The van der Waals surface area contributed by atoms with Crippen LogP contribution in [0.4, 0.5) is 0 Å². The lowest BCUT2D eigenvalue weighted by Gasteiger charge is -2.39. The molecule has 21 heavy (non-hydrogen) atoms. The molecule has 106 valence electrons. The van der Waals surface area contributed by atoms with Crippen molar-refractivity contribution in [3.63, 3.8) is 0 Å². The number of hydrogen-bond donors (Lipinski definition) is 1. The maximum absolute atomic E-state index is 11.9. The molecule has 1 saturated carbocycles. The quantitative estimate of drug-likeness (QED) is 0.740. The van der Waals surface area contributed by atoms with Gasteiger partial charge in [0.05, 0.1) is 11.5 Å². The lowest BCUT2D eigenvalue weighted by atomic mass is 9.63. The Bertz CT molecular complexity index is 725. The predicted molar refractivity (Wildman–Crippen MR) is 77.7 cm³/mol. The third kappa shape index (κ3) is 1.68. The van der Waals surface area contributed by atoms with Gasteiger partial charge >= 0.3 is 0 Å². The van der Waals surface area contributed by atoms with E-state index in [1.54, 1.807) is 6.07 Å². The number of aromatic hydroxyl groups is 1. The molecule has 1 aromatic rings. The Morgan fingerprint density at radius 2 is 2.19 bits per heavy atom. The van der Waals surface area contributed by atoms with Crippen molar-refractivity contribution in [1.82, 2.24) is 0 Å². The van der Waals surface area contributed by atoms with Crippen molar-refractivity contribution in [1.29, 1.82) is 5.26 Å². The zero-order valence-electron chi connectivity index (χ0n) is 11.9. The van der Waals surface area contributed by atoms with Crippen LogP contribution >= 0.6 is 0 Å². The van der Waals surface area contributed by atoms with E-state index in [4.69, 9.17) is 0 Å². The molecule has 1 unspecified atom stereocenters. The van der Waals surface area contributed by atoms with Crippen LogP contribution in [0.1, 0.15) is 49.1 Å². The van der Waals surface area contributed by atoms with Crippen LogP contribution in [0.5, 0.6) is 5.75 Å². The Balaban J connectivity index is 1.87. The van der Waals surface area contributed by atoms with Gasteiger partial charge in [-0.3, -0.25) is 4.79 Å². The van der Waals surface area contributed by atoms with Crippen LogP contribution in [0.25, 0.3) is 0 Å². The number of hydrogen-bond acceptors (Lipinski definition) is 3. The van der Waals surface area contributed by atoms with Gasteiger partial charge in [0.25, 0.3) is 0 Å². The largest absolute Gasteiger partial charge is 0.508 e. The smallest absolute Gasteiger partial charge is 0.138 e. The number of Topliss-reactive ketones (excluding diaryl/α,β-unsaturated/α-hetero) is 1. The molecule has 1 aromatic carbocycles. The molecule has 0 spiro atoms. The van der Waals surface area contributed by atoms with Crippen LogP contribution in [0.2, 0.25) is 0 Å². The monoisotopic (exact) mass is 279 g/mol. The van der Waals surface area contributed by atoms with Crippen molar-refractivity contribution in [2.75, 3.05) is 0 Å². The average Bonchev–Trinajstić information content (AvgIpc) is 2.83. The summed E-state index contributed by atoms with van der Waals surface area (Å²) in [6, 6.07) is 8.09. The molecule has 3 nitrogen and oxygen atoms in total. The Morgan fingerprint density at radius 1 is 1.33 bits per heavy atom. The molecular formula is C18H17NO2. The normalized spacial score (nSPS) is 30.4. The topological polar surface area (TPSA) is 61.1 Å². The van der Waals surface area contributed by atoms with E-state index in [1.807, 2.05) is 12.1 Å². The molecule has 0 aliphatic heterocycles. The standard InChI is InChI=1S/C18H17NO2/c19-10-18-6-5-15-14-4-2-12(20)7-11(14)1-3-16(15)17(18)8-13(21)9-18/h2,4,7,15,20H,1,3,5-6,8-9H2/t15?,18-/m0/s1. The highest BCUT2D eigenvalue weighted by Crippen LogP contribution is 2.56. The van der Waals surface area contributed by atoms with Gasteiger partial charge < -0.3 is 5.11 Å². The highest BCUT2D eigenvalue weighted by molar-refractivity contribution is 5.87. The molecule has 0 bridgehead atoms. The minimum Gasteiger partial charge on any atom is -0.508 e. The number of allylic oxidation sites excluding steroid dienone is 2. The number of benzene rings is 1. The van der Waals surface area contributed by atoms with E-state index in [0.29, 0.717) is 24.5 Å².